The smallest absolute Gasteiger partial charge is 0.302 e. The Morgan fingerprint density at radius 3 is 1.92 bits per heavy atom. The fourth-order valence-corrected chi connectivity index (χ4v) is 3.18. The maximum Gasteiger partial charge on any atom is 0.416 e. The van der Waals surface area contributed by atoms with E-state index in [1.807, 2.05) is 0 Å². The molecule has 0 spiro atoms. The first-order valence-corrected chi connectivity index (χ1v) is 9.01. The van der Waals surface area contributed by atoms with E-state index in [1.165, 1.54) is 12.1 Å². The number of nitrogens with zero attached hydrogens (tertiary/aromatic N) is 2. The van der Waals surface area contributed by atoms with Crippen LogP contribution in [0.25, 0.3) is 0 Å². The zero-order valence-corrected chi connectivity index (χ0v) is 15.4. The van der Waals surface area contributed by atoms with Crippen molar-refractivity contribution in [3.63, 3.8) is 0 Å². The second kappa shape index (κ2) is 10.0. The Morgan fingerprint density at radius 1 is 0.917 bits per heavy atom. The van der Waals surface area contributed by atoms with Crippen LogP contribution in [-0.4, -0.2) is 42.5 Å². The van der Waals surface area contributed by atoms with Gasteiger partial charge in [0.2, 0.25) is 0 Å². The molecule has 0 saturated carbocycles. The van der Waals surface area contributed by atoms with E-state index in [9.17, 15) is 13.2 Å². The van der Waals surface area contributed by atoms with Crippen molar-refractivity contribution < 1.29 is 13.2 Å². The van der Waals surface area contributed by atoms with Gasteiger partial charge in [-0.25, -0.2) is 0 Å². The van der Waals surface area contributed by atoms with Crippen LogP contribution in [-0.2, 0) is 6.18 Å². The molecule has 0 radical (unpaired) electrons. The zero-order chi connectivity index (χ0) is 18.2. The molecule has 1 rings (SSSR count). The average molecular weight is 344 g/mol. The van der Waals surface area contributed by atoms with Gasteiger partial charge in [0.1, 0.15) is 0 Å². The van der Waals surface area contributed by atoms with Crippen LogP contribution in [0.3, 0.4) is 0 Å². The van der Waals surface area contributed by atoms with E-state index in [2.05, 4.69) is 37.5 Å². The second-order valence-corrected chi connectivity index (χ2v) is 6.12. The maximum atomic E-state index is 13.5. The van der Waals surface area contributed by atoms with E-state index in [0.717, 1.165) is 39.0 Å². The van der Waals surface area contributed by atoms with E-state index < -0.39 is 11.7 Å². The van der Waals surface area contributed by atoms with Crippen molar-refractivity contribution in [1.29, 1.82) is 0 Å². The van der Waals surface area contributed by atoms with Gasteiger partial charge in [0.15, 0.2) is 0 Å². The van der Waals surface area contributed by atoms with Crippen LogP contribution in [0.15, 0.2) is 24.3 Å². The Kier molecular flexibility index (Phi) is 8.78. The molecule has 0 aliphatic rings. The first kappa shape index (κ1) is 21.0. The van der Waals surface area contributed by atoms with Gasteiger partial charge in [0.25, 0.3) is 0 Å². The fraction of sp³-hybridized carbons (Fsp3) is 0.684. The SMILES string of the molecule is CCCN(CCC)C(CN(CC)CC)c1ccccc1C(F)(F)F. The molecule has 0 saturated heterocycles. The highest BCUT2D eigenvalue weighted by molar-refractivity contribution is 5.33. The summed E-state index contributed by atoms with van der Waals surface area (Å²) >= 11 is 0. The Morgan fingerprint density at radius 2 is 1.46 bits per heavy atom. The Balaban J connectivity index is 3.30. The summed E-state index contributed by atoms with van der Waals surface area (Å²) in [5, 5.41) is 0. The minimum Gasteiger partial charge on any atom is -0.302 e. The highest BCUT2D eigenvalue weighted by Gasteiger charge is 2.36. The lowest BCUT2D eigenvalue weighted by atomic mass is 9.97. The van der Waals surface area contributed by atoms with Gasteiger partial charge in [-0.15, -0.1) is 0 Å². The van der Waals surface area contributed by atoms with E-state index >= 15 is 0 Å². The third-order valence-corrected chi connectivity index (χ3v) is 4.41. The molecule has 24 heavy (non-hydrogen) atoms. The minimum atomic E-state index is -4.32. The summed E-state index contributed by atoms with van der Waals surface area (Å²) in [7, 11) is 0. The normalized spacial score (nSPS) is 13.7. The average Bonchev–Trinajstić information content (AvgIpc) is 2.55. The first-order valence-electron chi connectivity index (χ1n) is 9.01. The van der Waals surface area contributed by atoms with Crippen molar-refractivity contribution in [2.75, 3.05) is 32.7 Å². The van der Waals surface area contributed by atoms with Gasteiger partial charge in [0.05, 0.1) is 5.56 Å². The van der Waals surface area contributed by atoms with Crippen molar-refractivity contribution >= 4 is 0 Å². The summed E-state index contributed by atoms with van der Waals surface area (Å²) in [5.41, 5.74) is -0.0989. The predicted octanol–water partition coefficient (Wildman–Crippen LogP) is 5.21. The standard InChI is InChI=1S/C19H31F3N2/c1-5-13-24(14-6-2)18(15-23(7-3)8-4)16-11-9-10-12-17(16)19(20,21)22/h9-12,18H,5-8,13-15H2,1-4H3. The summed E-state index contributed by atoms with van der Waals surface area (Å²) in [6.45, 7) is 12.2. The first-order chi connectivity index (χ1) is 11.4. The maximum absolute atomic E-state index is 13.5. The van der Waals surface area contributed by atoms with Gasteiger partial charge < -0.3 is 4.90 Å². The molecule has 5 heteroatoms. The zero-order valence-electron chi connectivity index (χ0n) is 15.4. The highest BCUT2D eigenvalue weighted by Crippen LogP contribution is 2.36. The largest absolute Gasteiger partial charge is 0.416 e. The molecule has 138 valence electrons. The van der Waals surface area contributed by atoms with Crippen LogP contribution in [0.1, 0.15) is 57.7 Å². The molecule has 2 nitrogen and oxygen atoms in total. The molecule has 1 atom stereocenters. The summed E-state index contributed by atoms with van der Waals surface area (Å²) in [4.78, 5) is 4.42. The molecular weight excluding hydrogens is 313 g/mol. The molecule has 0 bridgehead atoms. The summed E-state index contributed by atoms with van der Waals surface area (Å²) in [6.07, 6.45) is -2.45. The second-order valence-electron chi connectivity index (χ2n) is 6.12. The highest BCUT2D eigenvalue weighted by atomic mass is 19.4. The number of alkyl halides is 3. The van der Waals surface area contributed by atoms with E-state index in [1.54, 1.807) is 12.1 Å². The van der Waals surface area contributed by atoms with Gasteiger partial charge in [0, 0.05) is 12.6 Å². The number of halogens is 3. The Hall–Kier alpha value is -1.07. The van der Waals surface area contributed by atoms with Crippen molar-refractivity contribution in [3.8, 4) is 0 Å². The lowest BCUT2D eigenvalue weighted by Crippen LogP contribution is -2.40. The fourth-order valence-electron chi connectivity index (χ4n) is 3.18. The van der Waals surface area contributed by atoms with Gasteiger partial charge in [-0.2, -0.15) is 13.2 Å². The van der Waals surface area contributed by atoms with Gasteiger partial charge in [-0.1, -0.05) is 45.9 Å². The molecule has 1 aromatic carbocycles. The third kappa shape index (κ3) is 5.78. The van der Waals surface area contributed by atoms with Crippen LogP contribution in [0.4, 0.5) is 13.2 Å². The third-order valence-electron chi connectivity index (χ3n) is 4.41. The molecule has 0 aromatic heterocycles. The van der Waals surface area contributed by atoms with E-state index in [-0.39, 0.29) is 6.04 Å². The predicted molar refractivity (Wildman–Crippen MR) is 94.1 cm³/mol. The lowest BCUT2D eigenvalue weighted by Gasteiger charge is -2.36. The quantitative estimate of drug-likeness (QED) is 0.575. The molecule has 0 amide bonds. The van der Waals surface area contributed by atoms with Crippen LogP contribution in [0, 0.1) is 0 Å². The van der Waals surface area contributed by atoms with E-state index in [0.29, 0.717) is 12.1 Å². The van der Waals surface area contributed by atoms with Gasteiger partial charge in [-0.05, 0) is 50.7 Å². The summed E-state index contributed by atoms with van der Waals surface area (Å²) < 4.78 is 40.5. The Bertz CT molecular complexity index is 464. The number of benzene rings is 1. The number of hydrogen-bond acceptors (Lipinski definition) is 2. The minimum absolute atomic E-state index is 0.234. The molecule has 0 aliphatic carbocycles. The van der Waals surface area contributed by atoms with E-state index in [4.69, 9.17) is 0 Å². The van der Waals surface area contributed by atoms with Crippen molar-refractivity contribution in [1.82, 2.24) is 9.80 Å². The molecule has 0 fully saturated rings. The molecular formula is C19H31F3N2. The topological polar surface area (TPSA) is 6.48 Å². The summed E-state index contributed by atoms with van der Waals surface area (Å²) in [5.74, 6) is 0. The summed E-state index contributed by atoms with van der Waals surface area (Å²) in [6, 6.07) is 5.82. The molecule has 0 heterocycles. The number of rotatable bonds is 10. The Labute approximate surface area is 144 Å². The monoisotopic (exact) mass is 344 g/mol. The number of hydrogen-bond donors (Lipinski definition) is 0. The van der Waals surface area contributed by atoms with Gasteiger partial charge in [-0.3, -0.25) is 4.90 Å². The van der Waals surface area contributed by atoms with Crippen LogP contribution in [0.5, 0.6) is 0 Å². The molecule has 1 aromatic rings. The van der Waals surface area contributed by atoms with Crippen molar-refractivity contribution in [3.05, 3.63) is 35.4 Å². The van der Waals surface area contributed by atoms with Gasteiger partial charge >= 0.3 is 6.18 Å². The number of likely N-dealkylation sites (N-methyl/N-ethyl adjacent to an activating group) is 1. The van der Waals surface area contributed by atoms with Crippen LogP contribution < -0.4 is 0 Å². The van der Waals surface area contributed by atoms with Crippen LogP contribution in [0.2, 0.25) is 0 Å². The van der Waals surface area contributed by atoms with Crippen molar-refractivity contribution in [2.45, 2.75) is 52.8 Å². The molecule has 1 unspecified atom stereocenters. The molecule has 0 N–H and O–H groups in total. The van der Waals surface area contributed by atoms with Crippen molar-refractivity contribution in [2.24, 2.45) is 0 Å². The van der Waals surface area contributed by atoms with Crippen LogP contribution >= 0.6 is 0 Å². The lowest BCUT2D eigenvalue weighted by molar-refractivity contribution is -0.138. The molecule has 0 aliphatic heterocycles.